The molecule has 1 nitrogen and oxygen atoms in total. The normalized spacial score (nSPS) is 12.7. The van der Waals surface area contributed by atoms with E-state index in [4.69, 9.17) is 28.9 Å². The molecule has 0 bridgehead atoms. The van der Waals surface area contributed by atoms with Crippen LogP contribution in [0.5, 0.6) is 0 Å². The van der Waals surface area contributed by atoms with Crippen LogP contribution in [0.4, 0.5) is 0 Å². The van der Waals surface area contributed by atoms with Crippen LogP contribution in [0.25, 0.3) is 0 Å². The van der Waals surface area contributed by atoms with Crippen molar-refractivity contribution in [3.8, 4) is 0 Å². The average molecular weight is 286 g/mol. The lowest BCUT2D eigenvalue weighted by Gasteiger charge is -2.12. The minimum atomic E-state index is -0.202. The lowest BCUT2D eigenvalue weighted by Crippen LogP contribution is -2.10. The molecule has 1 unspecified atom stereocenters. The molecule has 0 radical (unpaired) electrons. The largest absolute Gasteiger partial charge is 0.320 e. The molecule has 2 rings (SSSR count). The van der Waals surface area contributed by atoms with Gasteiger partial charge in [-0.25, -0.2) is 0 Å². The Hall–Kier alpha value is -0.540. The first-order valence-electron chi connectivity index (χ1n) is 5.41. The van der Waals surface area contributed by atoms with Crippen molar-refractivity contribution in [2.75, 3.05) is 0 Å². The smallest absolute Gasteiger partial charge is 0.0661 e. The van der Waals surface area contributed by atoms with Crippen LogP contribution in [0, 0.1) is 0 Å². The summed E-state index contributed by atoms with van der Waals surface area (Å²) in [6, 6.07) is 9.53. The summed E-state index contributed by atoms with van der Waals surface area (Å²) in [5, 5.41) is 1.10. The van der Waals surface area contributed by atoms with Gasteiger partial charge in [-0.05, 0) is 30.2 Å². The Labute approximate surface area is 115 Å². The van der Waals surface area contributed by atoms with Crippen molar-refractivity contribution in [2.24, 2.45) is 5.73 Å². The van der Waals surface area contributed by atoms with Crippen LogP contribution >= 0.6 is 34.5 Å². The van der Waals surface area contributed by atoms with Gasteiger partial charge in [-0.15, -0.1) is 11.3 Å². The summed E-state index contributed by atoms with van der Waals surface area (Å²) in [6.45, 7) is 2.13. The molecule has 1 aromatic heterocycles. The van der Waals surface area contributed by atoms with Gasteiger partial charge in [-0.3, -0.25) is 0 Å². The molecule has 1 aromatic carbocycles. The van der Waals surface area contributed by atoms with E-state index in [1.54, 1.807) is 17.4 Å². The topological polar surface area (TPSA) is 26.0 Å². The van der Waals surface area contributed by atoms with E-state index in [1.807, 2.05) is 12.1 Å². The van der Waals surface area contributed by atoms with Gasteiger partial charge in [0, 0.05) is 9.75 Å². The van der Waals surface area contributed by atoms with Gasteiger partial charge in [0.25, 0.3) is 0 Å². The number of benzene rings is 1. The number of halogens is 2. The second kappa shape index (κ2) is 5.40. The minimum Gasteiger partial charge on any atom is -0.320 e. The maximum Gasteiger partial charge on any atom is 0.0661 e. The fraction of sp³-hybridized carbons (Fsp3) is 0.231. The maximum atomic E-state index is 6.22. The predicted molar refractivity (Wildman–Crippen MR) is 76.2 cm³/mol. The van der Waals surface area contributed by atoms with E-state index in [2.05, 4.69) is 19.1 Å². The Morgan fingerprint density at radius 2 is 2.00 bits per heavy atom. The van der Waals surface area contributed by atoms with Crippen molar-refractivity contribution in [1.29, 1.82) is 0 Å². The van der Waals surface area contributed by atoms with Crippen molar-refractivity contribution in [3.63, 3.8) is 0 Å². The number of hydrogen-bond acceptors (Lipinski definition) is 2. The molecule has 0 amide bonds. The molecule has 2 aromatic rings. The first kappa shape index (κ1) is 12.9. The van der Waals surface area contributed by atoms with Crippen molar-refractivity contribution >= 4 is 34.5 Å². The third-order valence-corrected chi connectivity index (χ3v) is 4.80. The highest BCUT2D eigenvalue weighted by Gasteiger charge is 2.15. The van der Waals surface area contributed by atoms with Crippen molar-refractivity contribution in [1.82, 2.24) is 0 Å². The zero-order valence-electron chi connectivity index (χ0n) is 9.41. The molecule has 2 N–H and O–H groups in total. The highest BCUT2D eigenvalue weighted by Crippen LogP contribution is 2.34. The Kier molecular flexibility index (Phi) is 4.10. The highest BCUT2D eigenvalue weighted by molar-refractivity contribution is 7.12. The molecular weight excluding hydrogens is 273 g/mol. The molecule has 0 aliphatic carbocycles. The maximum absolute atomic E-state index is 6.22. The lowest BCUT2D eigenvalue weighted by molar-refractivity contribution is 0.894. The van der Waals surface area contributed by atoms with Gasteiger partial charge in [0.2, 0.25) is 0 Å². The Morgan fingerprint density at radius 1 is 1.24 bits per heavy atom. The molecule has 4 heteroatoms. The predicted octanol–water partition coefficient (Wildman–Crippen LogP) is 4.67. The first-order chi connectivity index (χ1) is 8.13. The Morgan fingerprint density at radius 3 is 2.65 bits per heavy atom. The van der Waals surface area contributed by atoms with Gasteiger partial charge in [-0.2, -0.15) is 0 Å². The van der Waals surface area contributed by atoms with Gasteiger partial charge in [0.15, 0.2) is 0 Å². The van der Waals surface area contributed by atoms with Gasteiger partial charge in [0.05, 0.1) is 16.1 Å². The molecule has 0 fully saturated rings. The highest BCUT2D eigenvalue weighted by atomic mass is 35.5. The second-order valence-corrected chi connectivity index (χ2v) is 5.76. The first-order valence-corrected chi connectivity index (χ1v) is 6.98. The third-order valence-electron chi connectivity index (χ3n) is 2.65. The summed E-state index contributed by atoms with van der Waals surface area (Å²) in [7, 11) is 0. The van der Waals surface area contributed by atoms with Crippen LogP contribution in [0.3, 0.4) is 0 Å². The number of rotatable bonds is 3. The zero-order chi connectivity index (χ0) is 12.4. The van der Waals surface area contributed by atoms with E-state index in [0.717, 1.165) is 16.9 Å². The van der Waals surface area contributed by atoms with Crippen molar-refractivity contribution in [2.45, 2.75) is 19.4 Å². The Balaban J connectivity index is 2.36. The zero-order valence-corrected chi connectivity index (χ0v) is 11.7. The quantitative estimate of drug-likeness (QED) is 0.872. The lowest BCUT2D eigenvalue weighted by atomic mass is 10.1. The number of hydrogen-bond donors (Lipinski definition) is 1. The molecule has 1 atom stereocenters. The van der Waals surface area contributed by atoms with Gasteiger partial charge >= 0.3 is 0 Å². The third kappa shape index (κ3) is 2.66. The van der Waals surface area contributed by atoms with Crippen LogP contribution in [0.1, 0.15) is 28.3 Å². The fourth-order valence-corrected chi connectivity index (χ4v) is 3.06. The van der Waals surface area contributed by atoms with E-state index in [-0.39, 0.29) is 6.04 Å². The molecular formula is C13H13Cl2NS. The molecule has 0 aliphatic rings. The summed E-state index contributed by atoms with van der Waals surface area (Å²) in [4.78, 5) is 2.44. The van der Waals surface area contributed by atoms with E-state index < -0.39 is 0 Å². The van der Waals surface area contributed by atoms with Gasteiger partial charge < -0.3 is 5.73 Å². The molecule has 17 heavy (non-hydrogen) atoms. The van der Waals surface area contributed by atoms with E-state index in [0.29, 0.717) is 10.0 Å². The van der Waals surface area contributed by atoms with Gasteiger partial charge in [-0.1, -0.05) is 42.3 Å². The summed E-state index contributed by atoms with van der Waals surface area (Å²) in [5.74, 6) is 0. The number of aryl methyl sites for hydroxylation is 1. The minimum absolute atomic E-state index is 0.202. The number of nitrogens with two attached hydrogens (primary N) is 1. The second-order valence-electron chi connectivity index (χ2n) is 3.78. The summed E-state index contributed by atoms with van der Waals surface area (Å²) < 4.78 is 0. The number of thiophene rings is 1. The van der Waals surface area contributed by atoms with Gasteiger partial charge in [0.1, 0.15) is 0 Å². The molecule has 0 saturated carbocycles. The summed E-state index contributed by atoms with van der Waals surface area (Å²) >= 11 is 13.9. The Bertz CT molecular complexity index is 522. The van der Waals surface area contributed by atoms with E-state index in [1.165, 1.54) is 4.88 Å². The van der Waals surface area contributed by atoms with Crippen LogP contribution in [-0.4, -0.2) is 0 Å². The fourth-order valence-electron chi connectivity index (χ4n) is 1.67. The average Bonchev–Trinajstić information content (AvgIpc) is 2.80. The summed E-state index contributed by atoms with van der Waals surface area (Å²) in [6.07, 6.45) is 1.03. The van der Waals surface area contributed by atoms with Crippen LogP contribution in [-0.2, 0) is 6.42 Å². The van der Waals surface area contributed by atoms with Crippen LogP contribution in [0.15, 0.2) is 30.3 Å². The molecule has 90 valence electrons. The van der Waals surface area contributed by atoms with Crippen molar-refractivity contribution in [3.05, 3.63) is 55.7 Å². The SMILES string of the molecule is CCc1ccc(C(N)c2cccc(Cl)c2Cl)s1. The molecule has 0 aliphatic heterocycles. The van der Waals surface area contributed by atoms with E-state index in [9.17, 15) is 0 Å². The van der Waals surface area contributed by atoms with Crippen molar-refractivity contribution < 1.29 is 0 Å². The standard InChI is InChI=1S/C13H13Cl2NS/c1-2-8-6-7-11(17-8)13(16)9-4-3-5-10(14)12(9)15/h3-7,13H,2,16H2,1H3. The summed E-state index contributed by atoms with van der Waals surface area (Å²) in [5.41, 5.74) is 7.10. The molecule has 1 heterocycles. The van der Waals surface area contributed by atoms with E-state index >= 15 is 0 Å². The monoisotopic (exact) mass is 285 g/mol. The van der Waals surface area contributed by atoms with Crippen LogP contribution < -0.4 is 5.73 Å². The van der Waals surface area contributed by atoms with Crippen LogP contribution in [0.2, 0.25) is 10.0 Å². The molecule has 0 saturated heterocycles. The molecule has 0 spiro atoms.